The number of hydrogen-bond acceptors (Lipinski definition) is 1. The third-order valence-electron chi connectivity index (χ3n) is 2.27. The lowest BCUT2D eigenvalue weighted by Gasteiger charge is -2.11. The zero-order valence-corrected chi connectivity index (χ0v) is 10.6. The molecule has 1 aromatic carbocycles. The average Bonchev–Trinajstić information content (AvgIpc) is 2.70. The number of alkyl halides is 1. The minimum Gasteiger partial charge on any atom is -0.207 e. The van der Waals surface area contributed by atoms with Gasteiger partial charge in [0.05, 0.1) is 5.38 Å². The second kappa shape index (κ2) is 5.17. The highest BCUT2D eigenvalue weighted by molar-refractivity contribution is 7.09. The molecule has 1 unspecified atom stereocenters. The van der Waals surface area contributed by atoms with Crippen molar-refractivity contribution in [2.75, 3.05) is 0 Å². The second-order valence-electron chi connectivity index (χ2n) is 3.39. The van der Waals surface area contributed by atoms with Gasteiger partial charge in [0, 0.05) is 21.9 Å². The van der Waals surface area contributed by atoms with E-state index in [0.717, 1.165) is 4.88 Å². The number of thiophene rings is 1. The standard InChI is InChI=1S/C12H9Cl2FS/c13-9-4-1-5-11(15)12(9)10(14)7-8-3-2-6-16-8/h1-6,10H,7H2. The molecule has 0 spiro atoms. The van der Waals surface area contributed by atoms with Crippen LogP contribution in [0, 0.1) is 5.82 Å². The molecule has 0 aliphatic rings. The van der Waals surface area contributed by atoms with Crippen molar-refractivity contribution < 1.29 is 4.39 Å². The third kappa shape index (κ3) is 2.57. The number of benzene rings is 1. The van der Waals surface area contributed by atoms with Crippen LogP contribution in [-0.2, 0) is 6.42 Å². The van der Waals surface area contributed by atoms with Crippen LogP contribution in [-0.4, -0.2) is 0 Å². The first-order valence-corrected chi connectivity index (χ1v) is 6.48. The Morgan fingerprint density at radius 3 is 2.69 bits per heavy atom. The highest BCUT2D eigenvalue weighted by Gasteiger charge is 2.17. The summed E-state index contributed by atoms with van der Waals surface area (Å²) < 4.78 is 13.6. The molecule has 2 aromatic rings. The second-order valence-corrected chi connectivity index (χ2v) is 5.35. The molecular formula is C12H9Cl2FS. The molecule has 84 valence electrons. The summed E-state index contributed by atoms with van der Waals surface area (Å²) in [5.41, 5.74) is 0.388. The third-order valence-corrected chi connectivity index (χ3v) is 3.87. The summed E-state index contributed by atoms with van der Waals surface area (Å²) in [5.74, 6) is -0.343. The Morgan fingerprint density at radius 2 is 2.06 bits per heavy atom. The summed E-state index contributed by atoms with van der Waals surface area (Å²) in [4.78, 5) is 1.12. The maximum Gasteiger partial charge on any atom is 0.129 e. The fourth-order valence-corrected chi connectivity index (χ4v) is 3.10. The summed E-state index contributed by atoms with van der Waals surface area (Å²) in [6, 6.07) is 8.55. The topological polar surface area (TPSA) is 0 Å². The first-order chi connectivity index (χ1) is 7.68. The van der Waals surface area contributed by atoms with Crippen molar-refractivity contribution in [1.82, 2.24) is 0 Å². The van der Waals surface area contributed by atoms with Crippen LogP contribution < -0.4 is 0 Å². The van der Waals surface area contributed by atoms with Crippen molar-refractivity contribution in [3.05, 3.63) is 57.0 Å². The van der Waals surface area contributed by atoms with Gasteiger partial charge in [0.1, 0.15) is 5.82 Å². The van der Waals surface area contributed by atoms with E-state index in [1.54, 1.807) is 23.5 Å². The van der Waals surface area contributed by atoms with E-state index >= 15 is 0 Å². The molecule has 0 radical (unpaired) electrons. The molecule has 0 saturated carbocycles. The summed E-state index contributed by atoms with van der Waals surface area (Å²) in [5, 5.41) is 1.94. The van der Waals surface area contributed by atoms with E-state index in [9.17, 15) is 4.39 Å². The molecule has 4 heteroatoms. The van der Waals surface area contributed by atoms with E-state index < -0.39 is 5.38 Å². The predicted octanol–water partition coefficient (Wildman–Crippen LogP) is 5.06. The predicted molar refractivity (Wildman–Crippen MR) is 68.0 cm³/mol. The molecule has 1 heterocycles. The zero-order valence-electron chi connectivity index (χ0n) is 8.29. The fraction of sp³-hybridized carbons (Fsp3) is 0.167. The normalized spacial score (nSPS) is 12.7. The van der Waals surface area contributed by atoms with Crippen molar-refractivity contribution in [2.24, 2.45) is 0 Å². The van der Waals surface area contributed by atoms with Crippen LogP contribution in [0.3, 0.4) is 0 Å². The number of hydrogen-bond donors (Lipinski definition) is 0. The summed E-state index contributed by atoms with van der Waals surface area (Å²) >= 11 is 13.7. The minimum atomic E-state index is -0.424. The van der Waals surface area contributed by atoms with Crippen molar-refractivity contribution in [2.45, 2.75) is 11.8 Å². The smallest absolute Gasteiger partial charge is 0.129 e. The first-order valence-electron chi connectivity index (χ1n) is 4.79. The summed E-state index contributed by atoms with van der Waals surface area (Å²) in [6.45, 7) is 0. The summed E-state index contributed by atoms with van der Waals surface area (Å²) in [6.07, 6.45) is 0.597. The van der Waals surface area contributed by atoms with Crippen LogP contribution >= 0.6 is 34.5 Å². The molecule has 0 amide bonds. The molecule has 0 fully saturated rings. The molecule has 0 N–H and O–H groups in total. The Hall–Kier alpha value is -0.570. The van der Waals surface area contributed by atoms with E-state index in [1.165, 1.54) is 6.07 Å². The van der Waals surface area contributed by atoms with Gasteiger partial charge in [-0.05, 0) is 23.6 Å². The van der Waals surface area contributed by atoms with E-state index in [4.69, 9.17) is 23.2 Å². The Bertz CT molecular complexity index is 448. The maximum absolute atomic E-state index is 13.6. The van der Waals surface area contributed by atoms with Gasteiger partial charge in [0.15, 0.2) is 0 Å². The molecule has 0 aliphatic heterocycles. The summed E-state index contributed by atoms with van der Waals surface area (Å²) in [7, 11) is 0. The first kappa shape index (κ1) is 11.9. The number of rotatable bonds is 3. The van der Waals surface area contributed by atoms with Crippen molar-refractivity contribution in [1.29, 1.82) is 0 Å². The molecule has 0 aliphatic carbocycles. The Kier molecular flexibility index (Phi) is 3.85. The van der Waals surface area contributed by atoms with Crippen LogP contribution in [0.2, 0.25) is 5.02 Å². The van der Waals surface area contributed by atoms with Gasteiger partial charge >= 0.3 is 0 Å². The molecule has 1 atom stereocenters. The molecule has 16 heavy (non-hydrogen) atoms. The quantitative estimate of drug-likeness (QED) is 0.686. The molecular weight excluding hydrogens is 266 g/mol. The lowest BCUT2D eigenvalue weighted by molar-refractivity contribution is 0.606. The molecule has 1 aromatic heterocycles. The van der Waals surface area contributed by atoms with Crippen LogP contribution in [0.1, 0.15) is 15.8 Å². The highest BCUT2D eigenvalue weighted by atomic mass is 35.5. The molecule has 2 rings (SSSR count). The average molecular weight is 275 g/mol. The number of halogens is 3. The van der Waals surface area contributed by atoms with Crippen LogP contribution in [0.25, 0.3) is 0 Å². The van der Waals surface area contributed by atoms with Gasteiger partial charge in [-0.2, -0.15) is 0 Å². The van der Waals surface area contributed by atoms with Crippen molar-refractivity contribution >= 4 is 34.5 Å². The van der Waals surface area contributed by atoms with Gasteiger partial charge < -0.3 is 0 Å². The van der Waals surface area contributed by atoms with Gasteiger partial charge in [-0.15, -0.1) is 22.9 Å². The minimum absolute atomic E-state index is 0.343. The lowest BCUT2D eigenvalue weighted by Crippen LogP contribution is -1.98. The maximum atomic E-state index is 13.6. The van der Waals surface area contributed by atoms with Gasteiger partial charge in [-0.3, -0.25) is 0 Å². The fourth-order valence-electron chi connectivity index (χ4n) is 1.52. The monoisotopic (exact) mass is 274 g/mol. The van der Waals surface area contributed by atoms with Gasteiger partial charge in [0.25, 0.3) is 0 Å². The SMILES string of the molecule is Fc1cccc(Cl)c1C(Cl)Cc1cccs1. The van der Waals surface area contributed by atoms with Crippen molar-refractivity contribution in [3.63, 3.8) is 0 Å². The molecule has 0 bridgehead atoms. The van der Waals surface area contributed by atoms with Gasteiger partial charge in [-0.25, -0.2) is 4.39 Å². The van der Waals surface area contributed by atoms with Gasteiger partial charge in [0.2, 0.25) is 0 Å². The van der Waals surface area contributed by atoms with Crippen LogP contribution in [0.15, 0.2) is 35.7 Å². The Balaban J connectivity index is 2.24. The van der Waals surface area contributed by atoms with Crippen LogP contribution in [0.5, 0.6) is 0 Å². The Labute approximate surface area is 108 Å². The van der Waals surface area contributed by atoms with Crippen LogP contribution in [0.4, 0.5) is 4.39 Å². The zero-order chi connectivity index (χ0) is 11.5. The Morgan fingerprint density at radius 1 is 1.25 bits per heavy atom. The molecule has 0 nitrogen and oxygen atoms in total. The van der Waals surface area contributed by atoms with E-state index in [1.807, 2.05) is 17.5 Å². The van der Waals surface area contributed by atoms with E-state index in [-0.39, 0.29) is 5.82 Å². The lowest BCUT2D eigenvalue weighted by atomic mass is 10.1. The van der Waals surface area contributed by atoms with E-state index in [2.05, 4.69) is 0 Å². The largest absolute Gasteiger partial charge is 0.207 e. The van der Waals surface area contributed by atoms with Crippen molar-refractivity contribution in [3.8, 4) is 0 Å². The highest BCUT2D eigenvalue weighted by Crippen LogP contribution is 2.33. The van der Waals surface area contributed by atoms with E-state index in [0.29, 0.717) is 17.0 Å². The van der Waals surface area contributed by atoms with Gasteiger partial charge in [-0.1, -0.05) is 23.7 Å². The molecule has 0 saturated heterocycles.